The Bertz CT molecular complexity index is 2340. The molecule has 5 aromatic rings. The van der Waals surface area contributed by atoms with Crippen LogP contribution in [0.1, 0.15) is 98.9 Å². The first-order valence-corrected chi connectivity index (χ1v) is 21.2. The summed E-state index contributed by atoms with van der Waals surface area (Å²) in [7, 11) is 0. The van der Waals surface area contributed by atoms with Crippen molar-refractivity contribution in [1.29, 1.82) is 0 Å². The molecule has 324 valence electrons. The second kappa shape index (κ2) is 17.6. The van der Waals surface area contributed by atoms with E-state index in [1.54, 1.807) is 12.3 Å². The number of unbranched alkanes of at least 4 members (excludes halogenated alkanes) is 1. The largest absolute Gasteiger partial charge is 0.521 e. The number of rotatable bonds is 10. The maximum Gasteiger partial charge on any atom is 0.355 e. The molecule has 0 amide bonds. The van der Waals surface area contributed by atoms with Crippen molar-refractivity contribution in [2.24, 2.45) is 16.2 Å². The fourth-order valence-corrected chi connectivity index (χ4v) is 12.4. The van der Waals surface area contributed by atoms with Crippen molar-refractivity contribution < 1.29 is 35.5 Å². The van der Waals surface area contributed by atoms with Crippen LogP contribution in [-0.4, -0.2) is 59.8 Å². The minimum absolute atomic E-state index is 0. The zero-order chi connectivity index (χ0) is 42.3. The molecule has 60 heavy (non-hydrogen) atoms. The SMILES string of the molecule is [CH-]=C.[CH2-]CC[CH2-].[CH2-]COC12CC3(C)CC(C)(CC(Cn4ncc(-c5ccc(N6CCCc7c6nnc(Nc6nc8cc(F)ccc8s6)c7C)nc5C(=O)O)c4C)(C3)C1)C2.[Ni]. The number of carbonyl (C=O) groups is 1. The van der Waals surface area contributed by atoms with E-state index in [1.165, 1.54) is 29.9 Å². The average Bonchev–Trinajstić information content (AvgIpc) is 3.75. The summed E-state index contributed by atoms with van der Waals surface area (Å²) < 4.78 is 23.2. The summed E-state index contributed by atoms with van der Waals surface area (Å²) in [6.45, 7) is 28.9. The van der Waals surface area contributed by atoms with E-state index in [4.69, 9.17) is 14.8 Å². The number of benzene rings is 1. The fraction of sp³-hybridized carbons (Fsp3) is 0.457. The Morgan fingerprint density at radius 1 is 1.00 bits per heavy atom. The maximum absolute atomic E-state index is 13.7. The second-order valence-corrected chi connectivity index (χ2v) is 18.6. The van der Waals surface area contributed by atoms with Gasteiger partial charge in [-0.15, -0.1) is 10.2 Å². The van der Waals surface area contributed by atoms with Gasteiger partial charge in [0, 0.05) is 63.6 Å². The molecular weight excluding hydrogens is 822 g/mol. The van der Waals surface area contributed by atoms with Crippen LogP contribution in [0.3, 0.4) is 0 Å². The number of pyridine rings is 1. The molecule has 14 heteroatoms. The van der Waals surface area contributed by atoms with Crippen LogP contribution in [0.15, 0.2) is 43.1 Å². The summed E-state index contributed by atoms with van der Waals surface area (Å²) in [4.78, 5) is 24.0. The first kappa shape index (κ1) is 45.3. The predicted molar refractivity (Wildman–Crippen MR) is 232 cm³/mol. The van der Waals surface area contributed by atoms with Gasteiger partial charge in [-0.3, -0.25) is 11.3 Å². The van der Waals surface area contributed by atoms with E-state index in [0.717, 1.165) is 91.4 Å². The predicted octanol–water partition coefficient (Wildman–Crippen LogP) is 10.6. The quantitative estimate of drug-likeness (QED) is 0.103. The molecule has 1 aromatic carbocycles. The number of fused-ring (bicyclic) bond motifs is 2. The van der Waals surface area contributed by atoms with E-state index < -0.39 is 5.97 Å². The first-order valence-electron chi connectivity index (χ1n) is 20.4. The van der Waals surface area contributed by atoms with Gasteiger partial charge in [0.2, 0.25) is 0 Å². The Morgan fingerprint density at radius 3 is 2.38 bits per heavy atom. The summed E-state index contributed by atoms with van der Waals surface area (Å²) in [6.07, 6.45) is 12.0. The molecule has 4 aliphatic carbocycles. The third-order valence-electron chi connectivity index (χ3n) is 12.5. The Hall–Kier alpha value is -4.26. The van der Waals surface area contributed by atoms with E-state index in [9.17, 15) is 14.3 Å². The summed E-state index contributed by atoms with van der Waals surface area (Å²) in [5.41, 5.74) is 5.12. The average molecular weight is 878 g/mol. The van der Waals surface area contributed by atoms with Gasteiger partial charge in [0.15, 0.2) is 22.5 Å². The molecule has 5 heterocycles. The summed E-state index contributed by atoms with van der Waals surface area (Å²) in [5, 5.41) is 28.4. The van der Waals surface area contributed by atoms with Crippen molar-refractivity contribution in [1.82, 2.24) is 29.9 Å². The molecule has 2 N–H and O–H groups in total. The molecule has 0 radical (unpaired) electrons. The molecule has 5 aliphatic rings. The number of hydrogen-bond donors (Lipinski definition) is 2. The van der Waals surface area contributed by atoms with E-state index in [1.807, 2.05) is 30.9 Å². The second-order valence-electron chi connectivity index (χ2n) is 17.6. The number of thiazole rings is 1. The monoisotopic (exact) mass is 876 g/mol. The molecule has 4 saturated carbocycles. The molecule has 0 spiro atoms. The van der Waals surface area contributed by atoms with E-state index >= 15 is 0 Å². The minimum Gasteiger partial charge on any atom is -0.521 e. The molecule has 2 unspecified atom stereocenters. The van der Waals surface area contributed by atoms with Gasteiger partial charge in [-0.2, -0.15) is 5.10 Å². The third-order valence-corrected chi connectivity index (χ3v) is 13.5. The van der Waals surface area contributed by atoms with Crippen molar-refractivity contribution >= 4 is 50.1 Å². The van der Waals surface area contributed by atoms with Crippen molar-refractivity contribution in [2.45, 2.75) is 104 Å². The number of ether oxygens (including phenoxy) is 1. The van der Waals surface area contributed by atoms with Crippen LogP contribution in [-0.2, 0) is 34.2 Å². The Morgan fingerprint density at radius 2 is 1.72 bits per heavy atom. The Kier molecular flexibility index (Phi) is 13.3. The third kappa shape index (κ3) is 8.61. The van der Waals surface area contributed by atoms with Crippen molar-refractivity contribution in [2.75, 3.05) is 23.4 Å². The number of carboxylic acid groups (broad SMARTS) is 1. The van der Waals surface area contributed by atoms with Crippen LogP contribution in [0.4, 0.5) is 27.0 Å². The van der Waals surface area contributed by atoms with Crippen molar-refractivity contribution in [3.8, 4) is 11.1 Å². The zero-order valence-corrected chi connectivity index (χ0v) is 36.9. The van der Waals surface area contributed by atoms with E-state index in [-0.39, 0.29) is 49.8 Å². The number of carboxylic acids is 1. The molecule has 2 atom stereocenters. The molecule has 4 bridgehead atoms. The van der Waals surface area contributed by atoms with Gasteiger partial charge in [0.05, 0.1) is 22.0 Å². The number of anilines is 4. The smallest absolute Gasteiger partial charge is 0.355 e. The van der Waals surface area contributed by atoms with Crippen LogP contribution in [0, 0.1) is 63.3 Å². The molecule has 11 nitrogen and oxygen atoms in total. The molecular formula is C46H55FN8NiO3S-4. The number of nitrogens with one attached hydrogen (secondary N) is 1. The molecule has 10 rings (SSSR count). The summed E-state index contributed by atoms with van der Waals surface area (Å²) >= 11 is 1.42. The maximum atomic E-state index is 13.7. The van der Waals surface area contributed by atoms with Gasteiger partial charge in [0.25, 0.3) is 0 Å². The summed E-state index contributed by atoms with van der Waals surface area (Å²) in [6, 6.07) is 8.28. The van der Waals surface area contributed by atoms with Gasteiger partial charge in [-0.05, 0) is 106 Å². The van der Waals surface area contributed by atoms with Gasteiger partial charge >= 0.3 is 5.97 Å². The van der Waals surface area contributed by atoms with Gasteiger partial charge in [-0.1, -0.05) is 31.8 Å². The van der Waals surface area contributed by atoms with Gasteiger partial charge < -0.3 is 47.4 Å². The van der Waals surface area contributed by atoms with Crippen LogP contribution >= 0.6 is 11.3 Å². The topological polar surface area (TPSA) is 131 Å². The summed E-state index contributed by atoms with van der Waals surface area (Å²) in [5.74, 6) is 0.310. The van der Waals surface area contributed by atoms with Crippen LogP contribution in [0.25, 0.3) is 21.3 Å². The van der Waals surface area contributed by atoms with Crippen LogP contribution in [0.5, 0.6) is 0 Å². The standard InChI is InChI=1S/C40H44FN8O3S.C4H8.C2H3.Ni/c1-6-52-40-19-37(4)16-38(5,20-40)18-39(17-37,21-40)22-49-24(3)28(15-42-49)27-10-12-31(44-32(27)35(50)51)48-13-7-8-26-23(2)33(46-47-34(26)48)45-36-43-29-14-25(41)9-11-30(29)53-36;1-3-4-2;1-2;/h9-12,14-15H,1,6-8,13,16-22H2,2-5H3,(H,50,51)(H,43,45,46);1-4H2;1H,2H2;/q-1;-2;-1;. The number of halogens is 1. The zero-order valence-electron chi connectivity index (χ0n) is 35.1. The van der Waals surface area contributed by atoms with Gasteiger partial charge in [0.1, 0.15) is 11.6 Å². The number of nitrogens with zero attached hydrogens (tertiary/aromatic N) is 7. The number of aromatic carboxylic acids is 1. The van der Waals surface area contributed by atoms with Crippen LogP contribution in [0.2, 0.25) is 0 Å². The normalized spacial score (nSPS) is 24.8. The van der Waals surface area contributed by atoms with Crippen molar-refractivity contribution in [3.63, 3.8) is 0 Å². The van der Waals surface area contributed by atoms with Crippen LogP contribution < -0.4 is 10.2 Å². The minimum atomic E-state index is -1.10. The molecule has 4 fully saturated rings. The van der Waals surface area contributed by atoms with E-state index in [0.29, 0.717) is 46.8 Å². The van der Waals surface area contributed by atoms with Crippen molar-refractivity contribution in [3.05, 3.63) is 98.8 Å². The Balaban J connectivity index is 0.000000816. The first-order chi connectivity index (χ1) is 28.2. The van der Waals surface area contributed by atoms with Gasteiger partial charge in [-0.25, -0.2) is 32.0 Å². The number of aromatic nitrogens is 6. The molecule has 4 aromatic heterocycles. The molecule has 0 saturated heterocycles. The van der Waals surface area contributed by atoms with E-state index in [2.05, 4.69) is 73.0 Å². The number of hydrogen-bond acceptors (Lipinski definition) is 10. The Labute approximate surface area is 367 Å². The molecule has 1 aliphatic heterocycles. The fourth-order valence-electron chi connectivity index (χ4n) is 11.5.